The van der Waals surface area contributed by atoms with Crippen LogP contribution in [-0.4, -0.2) is 0 Å². The summed E-state index contributed by atoms with van der Waals surface area (Å²) in [7, 11) is 0. The van der Waals surface area contributed by atoms with Crippen molar-refractivity contribution in [3.63, 3.8) is 0 Å². The summed E-state index contributed by atoms with van der Waals surface area (Å²) in [6, 6.07) is 76.5. The number of anilines is 3. The largest absolute Gasteiger partial charge is 0.455 e. The zero-order chi connectivity index (χ0) is 37.0. The molecule has 2 nitrogen and oxygen atoms in total. The number of nitrogens with zero attached hydrogens (tertiary/aromatic N) is 1. The van der Waals surface area contributed by atoms with E-state index in [0.717, 1.165) is 50.1 Å². The van der Waals surface area contributed by atoms with Gasteiger partial charge in [0.15, 0.2) is 0 Å². The third-order valence-electron chi connectivity index (χ3n) is 11.3. The molecule has 0 aliphatic heterocycles. The molecule has 0 atom stereocenters. The fourth-order valence-corrected chi connectivity index (χ4v) is 8.63. The topological polar surface area (TPSA) is 16.4 Å². The van der Waals surface area contributed by atoms with Gasteiger partial charge in [-0.25, -0.2) is 0 Å². The summed E-state index contributed by atoms with van der Waals surface area (Å²) in [6.07, 6.45) is 0. The summed E-state index contributed by atoms with van der Waals surface area (Å²) in [6.45, 7) is 0. The Kier molecular flexibility index (Phi) is 7.53. The Balaban J connectivity index is 1.08. The summed E-state index contributed by atoms with van der Waals surface area (Å²) in [5, 5.41) is 9.76. The van der Waals surface area contributed by atoms with Crippen LogP contribution in [0.1, 0.15) is 0 Å². The van der Waals surface area contributed by atoms with Gasteiger partial charge < -0.3 is 9.32 Å². The number of rotatable bonds is 6. The van der Waals surface area contributed by atoms with Crippen molar-refractivity contribution in [1.29, 1.82) is 0 Å². The van der Waals surface area contributed by atoms with Gasteiger partial charge in [-0.2, -0.15) is 0 Å². The SMILES string of the molecule is c1ccc(N(c2ccc(-c3cccc4ccccc34)cc2)c2ccc(-c3cccc4c3oc3ccccc34)cc2)c(-c2cccc3c2ccc2ccccc23)c1. The van der Waals surface area contributed by atoms with E-state index in [4.69, 9.17) is 4.42 Å². The van der Waals surface area contributed by atoms with E-state index in [-0.39, 0.29) is 0 Å². The van der Waals surface area contributed by atoms with Crippen LogP contribution in [0.2, 0.25) is 0 Å². The average molecular weight is 714 g/mol. The van der Waals surface area contributed by atoms with Gasteiger partial charge >= 0.3 is 0 Å². The maximum atomic E-state index is 6.44. The highest BCUT2D eigenvalue weighted by atomic mass is 16.3. The maximum Gasteiger partial charge on any atom is 0.143 e. The second-order valence-electron chi connectivity index (χ2n) is 14.4. The zero-order valence-electron chi connectivity index (χ0n) is 30.6. The van der Waals surface area contributed by atoms with E-state index in [1.807, 2.05) is 12.1 Å². The summed E-state index contributed by atoms with van der Waals surface area (Å²) >= 11 is 0. The van der Waals surface area contributed by atoms with Gasteiger partial charge in [0.2, 0.25) is 0 Å². The second kappa shape index (κ2) is 13.2. The van der Waals surface area contributed by atoms with Crippen LogP contribution in [0.5, 0.6) is 0 Å². The standard InChI is InChI=1S/C54H35NO/c1-3-15-42-36(12-1)14-9-19-43(42)38-26-31-40(32-27-38)55(41-33-28-39(29-34-41)45-20-10-23-51-50-18-6-8-25-53(50)56-54(45)51)52-24-7-5-17-49(52)47-22-11-21-46-44-16-4-2-13-37(44)30-35-48(46)47/h1-35H. The van der Waals surface area contributed by atoms with Gasteiger partial charge in [-0.05, 0) is 91.0 Å². The van der Waals surface area contributed by atoms with Gasteiger partial charge in [-0.15, -0.1) is 0 Å². The van der Waals surface area contributed by atoms with Gasteiger partial charge in [0, 0.05) is 33.3 Å². The molecule has 2 heteroatoms. The highest BCUT2D eigenvalue weighted by Gasteiger charge is 2.20. The number of hydrogen-bond donors (Lipinski definition) is 0. The number of fused-ring (bicyclic) bond motifs is 7. The lowest BCUT2D eigenvalue weighted by atomic mass is 9.93. The minimum Gasteiger partial charge on any atom is -0.455 e. The molecular weight excluding hydrogens is 679 g/mol. The van der Waals surface area contributed by atoms with E-state index in [0.29, 0.717) is 0 Å². The molecule has 56 heavy (non-hydrogen) atoms. The first-order chi connectivity index (χ1) is 27.8. The number of hydrogen-bond acceptors (Lipinski definition) is 2. The average Bonchev–Trinajstić information content (AvgIpc) is 3.66. The van der Waals surface area contributed by atoms with Crippen molar-refractivity contribution < 1.29 is 4.42 Å². The maximum absolute atomic E-state index is 6.44. The van der Waals surface area contributed by atoms with E-state index in [1.54, 1.807) is 0 Å². The molecule has 1 aromatic heterocycles. The second-order valence-corrected chi connectivity index (χ2v) is 14.4. The van der Waals surface area contributed by atoms with E-state index < -0.39 is 0 Å². The van der Waals surface area contributed by atoms with E-state index in [2.05, 4.69) is 205 Å². The van der Waals surface area contributed by atoms with Gasteiger partial charge in [0.05, 0.1) is 5.69 Å². The summed E-state index contributed by atoms with van der Waals surface area (Å²) in [5.41, 5.74) is 12.1. The minimum absolute atomic E-state index is 0.905. The van der Waals surface area contributed by atoms with Crippen LogP contribution >= 0.6 is 0 Å². The number of benzene rings is 10. The summed E-state index contributed by atoms with van der Waals surface area (Å²) in [4.78, 5) is 2.40. The fraction of sp³-hybridized carbons (Fsp3) is 0. The third-order valence-corrected chi connectivity index (χ3v) is 11.3. The molecule has 0 fully saturated rings. The van der Waals surface area contributed by atoms with E-state index in [1.165, 1.54) is 54.6 Å². The molecule has 0 amide bonds. The van der Waals surface area contributed by atoms with E-state index in [9.17, 15) is 0 Å². The predicted octanol–water partition coefficient (Wildman–Crippen LogP) is 15.5. The monoisotopic (exact) mass is 713 g/mol. The Morgan fingerprint density at radius 2 is 0.804 bits per heavy atom. The normalized spacial score (nSPS) is 11.6. The van der Waals surface area contributed by atoms with Gasteiger partial charge in [-0.3, -0.25) is 0 Å². The Morgan fingerprint density at radius 1 is 0.286 bits per heavy atom. The lowest BCUT2D eigenvalue weighted by Crippen LogP contribution is -2.11. The first-order valence-corrected chi connectivity index (χ1v) is 19.2. The van der Waals surface area contributed by atoms with Crippen molar-refractivity contribution in [2.45, 2.75) is 0 Å². The molecule has 0 bridgehead atoms. The lowest BCUT2D eigenvalue weighted by Gasteiger charge is -2.28. The van der Waals surface area contributed by atoms with Crippen LogP contribution in [0.4, 0.5) is 17.1 Å². The van der Waals surface area contributed by atoms with Crippen molar-refractivity contribution >= 4 is 71.3 Å². The Morgan fingerprint density at radius 3 is 1.59 bits per heavy atom. The Hall–Kier alpha value is -7.42. The van der Waals surface area contributed by atoms with Crippen molar-refractivity contribution in [1.82, 2.24) is 0 Å². The van der Waals surface area contributed by atoms with Crippen LogP contribution in [0, 0.1) is 0 Å². The highest BCUT2D eigenvalue weighted by molar-refractivity contribution is 6.13. The number of furan rings is 1. The predicted molar refractivity (Wildman–Crippen MR) is 237 cm³/mol. The zero-order valence-corrected chi connectivity index (χ0v) is 30.6. The minimum atomic E-state index is 0.905. The van der Waals surface area contributed by atoms with Gasteiger partial charge in [0.25, 0.3) is 0 Å². The highest BCUT2D eigenvalue weighted by Crippen LogP contribution is 2.45. The Bertz CT molecular complexity index is 3240. The molecule has 0 aliphatic carbocycles. The van der Waals surface area contributed by atoms with E-state index >= 15 is 0 Å². The van der Waals surface area contributed by atoms with Crippen LogP contribution in [0.25, 0.3) is 87.6 Å². The molecule has 0 spiro atoms. The first kappa shape index (κ1) is 32.0. The van der Waals surface area contributed by atoms with Crippen molar-refractivity contribution in [2.24, 2.45) is 0 Å². The number of para-hydroxylation sites is 3. The third kappa shape index (κ3) is 5.26. The molecular formula is C54H35NO. The van der Waals surface area contributed by atoms with Crippen molar-refractivity contribution in [3.8, 4) is 33.4 Å². The van der Waals surface area contributed by atoms with Gasteiger partial charge in [0.1, 0.15) is 11.2 Å². The van der Waals surface area contributed by atoms with Crippen LogP contribution in [-0.2, 0) is 0 Å². The molecule has 0 radical (unpaired) electrons. The van der Waals surface area contributed by atoms with Crippen LogP contribution in [0.15, 0.2) is 217 Å². The molecule has 0 unspecified atom stereocenters. The first-order valence-electron chi connectivity index (χ1n) is 19.2. The van der Waals surface area contributed by atoms with Crippen molar-refractivity contribution in [3.05, 3.63) is 212 Å². The molecule has 11 rings (SSSR count). The quantitative estimate of drug-likeness (QED) is 0.160. The molecule has 11 aromatic rings. The van der Waals surface area contributed by atoms with Gasteiger partial charge in [-0.1, -0.05) is 176 Å². The van der Waals surface area contributed by atoms with Crippen molar-refractivity contribution in [2.75, 3.05) is 4.90 Å². The molecule has 1 heterocycles. The molecule has 262 valence electrons. The summed E-state index contributed by atoms with van der Waals surface area (Å²) in [5.74, 6) is 0. The van der Waals surface area contributed by atoms with Crippen LogP contribution < -0.4 is 4.90 Å². The molecule has 0 saturated heterocycles. The summed E-state index contributed by atoms with van der Waals surface area (Å²) < 4.78 is 6.44. The molecule has 0 saturated carbocycles. The Labute approximate surface area is 325 Å². The van der Waals surface area contributed by atoms with Crippen LogP contribution in [0.3, 0.4) is 0 Å². The molecule has 0 aliphatic rings. The molecule has 10 aromatic carbocycles. The smallest absolute Gasteiger partial charge is 0.143 e. The molecule has 0 N–H and O–H groups in total. The lowest BCUT2D eigenvalue weighted by molar-refractivity contribution is 0.670. The fourth-order valence-electron chi connectivity index (χ4n) is 8.63.